The molecule has 1 aromatic rings. The van der Waals surface area contributed by atoms with Crippen molar-refractivity contribution in [2.75, 3.05) is 0 Å². The molecule has 90 valence electrons. The van der Waals surface area contributed by atoms with Gasteiger partial charge in [0.05, 0.1) is 6.07 Å². The molecule has 0 aliphatic heterocycles. The summed E-state index contributed by atoms with van der Waals surface area (Å²) < 4.78 is 6.14. The molecule has 1 aromatic carbocycles. The van der Waals surface area contributed by atoms with E-state index in [1.165, 1.54) is 16.7 Å². The van der Waals surface area contributed by atoms with Crippen molar-refractivity contribution in [1.29, 1.82) is 5.26 Å². The van der Waals surface area contributed by atoms with Crippen LogP contribution in [-0.2, 0) is 17.3 Å². The van der Waals surface area contributed by atoms with Crippen molar-refractivity contribution in [3.8, 4) is 6.07 Å². The molecule has 3 heteroatoms. The molecule has 1 aliphatic carbocycles. The van der Waals surface area contributed by atoms with Crippen molar-refractivity contribution < 1.29 is 4.43 Å². The Kier molecular flexibility index (Phi) is 2.88. The lowest BCUT2D eigenvalue weighted by atomic mass is 10.0. The smallest absolute Gasteiger partial charge is 0.185 e. The van der Waals surface area contributed by atoms with Crippen LogP contribution in [0.1, 0.15) is 16.7 Å². The third-order valence-corrected chi connectivity index (χ3v) is 4.02. The van der Waals surface area contributed by atoms with Crippen molar-refractivity contribution in [2.24, 2.45) is 0 Å². The van der Waals surface area contributed by atoms with Crippen molar-refractivity contribution >= 4 is 8.32 Å². The average Bonchev–Trinajstić information content (AvgIpc) is 2.53. The molecule has 1 atom stereocenters. The monoisotopic (exact) mass is 245 g/mol. The van der Waals surface area contributed by atoms with E-state index in [9.17, 15) is 5.26 Å². The minimum absolute atomic E-state index is 0.611. The molecule has 0 unspecified atom stereocenters. The number of aryl methyl sites for hydroxylation is 1. The fourth-order valence-corrected chi connectivity index (χ4v) is 3.89. The van der Waals surface area contributed by atoms with Crippen LogP contribution in [-0.4, -0.2) is 13.9 Å². The van der Waals surface area contributed by atoms with Crippen LogP contribution >= 0.6 is 0 Å². The molecule has 0 aromatic heterocycles. The van der Waals surface area contributed by atoms with E-state index >= 15 is 0 Å². The molecule has 17 heavy (non-hydrogen) atoms. The molecule has 0 spiro atoms. The van der Waals surface area contributed by atoms with Crippen molar-refractivity contribution in [1.82, 2.24) is 0 Å². The molecule has 2 rings (SSSR count). The Morgan fingerprint density at radius 3 is 2.47 bits per heavy atom. The quantitative estimate of drug-likeness (QED) is 0.750. The van der Waals surface area contributed by atoms with E-state index in [-0.39, 0.29) is 0 Å². The van der Waals surface area contributed by atoms with E-state index in [0.29, 0.717) is 0 Å². The molecule has 0 radical (unpaired) electrons. The first-order valence-electron chi connectivity index (χ1n) is 6.03. The first kappa shape index (κ1) is 12.3. The number of nitriles is 1. The van der Waals surface area contributed by atoms with Gasteiger partial charge < -0.3 is 4.43 Å². The fraction of sp³-hybridized carbons (Fsp3) is 0.500. The van der Waals surface area contributed by atoms with Crippen molar-refractivity contribution in [3.05, 3.63) is 34.9 Å². The second-order valence-electron chi connectivity index (χ2n) is 5.95. The van der Waals surface area contributed by atoms with Gasteiger partial charge in [-0.15, -0.1) is 0 Å². The predicted octanol–water partition coefficient (Wildman–Crippen LogP) is 3.21. The zero-order valence-electron chi connectivity index (χ0n) is 11.0. The molecular formula is C14H19NOSi. The maximum Gasteiger partial charge on any atom is 0.185 e. The highest BCUT2D eigenvalue weighted by molar-refractivity contribution is 6.69. The summed E-state index contributed by atoms with van der Waals surface area (Å²) in [5, 5.41) is 9.47. The van der Waals surface area contributed by atoms with E-state index < -0.39 is 13.9 Å². The Morgan fingerprint density at radius 2 is 1.88 bits per heavy atom. The first-order valence-corrected chi connectivity index (χ1v) is 9.44. The van der Waals surface area contributed by atoms with Gasteiger partial charge in [-0.2, -0.15) is 5.26 Å². The Bertz CT molecular complexity index is 484. The topological polar surface area (TPSA) is 33.0 Å². The van der Waals surface area contributed by atoms with E-state index in [4.69, 9.17) is 4.43 Å². The normalized spacial score (nSPS) is 23.2. The van der Waals surface area contributed by atoms with Crippen molar-refractivity contribution in [3.63, 3.8) is 0 Å². The molecule has 0 N–H and O–H groups in total. The molecule has 0 heterocycles. The number of hydrogen-bond donors (Lipinski definition) is 0. The Hall–Kier alpha value is -1.11. The van der Waals surface area contributed by atoms with Gasteiger partial charge in [-0.25, -0.2) is 0 Å². The van der Waals surface area contributed by atoms with E-state index in [2.05, 4.69) is 50.8 Å². The van der Waals surface area contributed by atoms with Gasteiger partial charge >= 0.3 is 0 Å². The SMILES string of the molecule is Cc1ccc2c(c1)C[C@@](C#N)(O[Si](C)(C)C)C2. The number of benzene rings is 1. The van der Waals surface area contributed by atoms with Crippen LogP contribution in [0.2, 0.25) is 19.6 Å². The highest BCUT2D eigenvalue weighted by Gasteiger charge is 2.41. The Balaban J connectivity index is 2.30. The molecule has 0 amide bonds. The standard InChI is InChI=1S/C14H19NOSi/c1-11-5-6-12-8-14(10-15,9-13(12)7-11)16-17(2,3)4/h5-7H,8-9H2,1-4H3/t14-/m0/s1. The van der Waals surface area contributed by atoms with Crippen LogP contribution in [0.3, 0.4) is 0 Å². The second-order valence-corrected chi connectivity index (χ2v) is 10.4. The summed E-state index contributed by atoms with van der Waals surface area (Å²) in [5.41, 5.74) is 3.20. The maximum atomic E-state index is 9.47. The second kappa shape index (κ2) is 3.97. The van der Waals surface area contributed by atoms with Gasteiger partial charge in [-0.3, -0.25) is 0 Å². The van der Waals surface area contributed by atoms with Gasteiger partial charge in [0.2, 0.25) is 0 Å². The zero-order valence-corrected chi connectivity index (χ0v) is 12.0. The van der Waals surface area contributed by atoms with E-state index in [1.54, 1.807) is 0 Å². The molecule has 0 fully saturated rings. The van der Waals surface area contributed by atoms with Gasteiger partial charge in [-0.1, -0.05) is 23.8 Å². The first-order chi connectivity index (χ1) is 7.84. The Labute approximate surface area is 104 Å². The highest BCUT2D eigenvalue weighted by atomic mass is 28.4. The minimum Gasteiger partial charge on any atom is -0.399 e. The molecular weight excluding hydrogens is 226 g/mol. The lowest BCUT2D eigenvalue weighted by Gasteiger charge is -2.29. The number of fused-ring (bicyclic) bond motifs is 1. The van der Waals surface area contributed by atoms with Crippen LogP contribution in [0.4, 0.5) is 0 Å². The summed E-state index contributed by atoms with van der Waals surface area (Å²) in [6.45, 7) is 8.51. The largest absolute Gasteiger partial charge is 0.399 e. The molecule has 0 saturated heterocycles. The third kappa shape index (κ3) is 2.59. The minimum atomic E-state index is -1.69. The highest BCUT2D eigenvalue weighted by Crippen LogP contribution is 2.35. The zero-order chi connectivity index (χ0) is 12.7. The van der Waals surface area contributed by atoms with Gasteiger partial charge in [0.25, 0.3) is 0 Å². The maximum absolute atomic E-state index is 9.47. The van der Waals surface area contributed by atoms with Gasteiger partial charge in [0.15, 0.2) is 13.9 Å². The van der Waals surface area contributed by atoms with Gasteiger partial charge in [0, 0.05) is 12.8 Å². The van der Waals surface area contributed by atoms with E-state index in [0.717, 1.165) is 12.8 Å². The molecule has 1 aliphatic rings. The number of hydrogen-bond acceptors (Lipinski definition) is 2. The summed E-state index contributed by atoms with van der Waals surface area (Å²) in [4.78, 5) is 0. The predicted molar refractivity (Wildman–Crippen MR) is 71.4 cm³/mol. The number of nitrogens with zero attached hydrogens (tertiary/aromatic N) is 1. The third-order valence-electron chi connectivity index (χ3n) is 3.02. The number of rotatable bonds is 2. The van der Waals surface area contributed by atoms with Crippen LogP contribution < -0.4 is 0 Å². The average molecular weight is 245 g/mol. The summed E-state index contributed by atoms with van der Waals surface area (Å²) in [7, 11) is -1.69. The molecule has 0 saturated carbocycles. The van der Waals surface area contributed by atoms with Crippen molar-refractivity contribution in [2.45, 2.75) is 45.0 Å². The summed E-state index contributed by atoms with van der Waals surface area (Å²) >= 11 is 0. The fourth-order valence-electron chi connectivity index (χ4n) is 2.53. The summed E-state index contributed by atoms with van der Waals surface area (Å²) in [6.07, 6.45) is 1.48. The van der Waals surface area contributed by atoms with Crippen LogP contribution in [0, 0.1) is 18.3 Å². The lowest BCUT2D eigenvalue weighted by molar-refractivity contribution is 0.132. The van der Waals surface area contributed by atoms with Crippen LogP contribution in [0.25, 0.3) is 0 Å². The molecule has 0 bridgehead atoms. The van der Waals surface area contributed by atoms with E-state index in [1.807, 2.05) is 0 Å². The summed E-state index contributed by atoms with van der Waals surface area (Å²) in [6, 6.07) is 8.84. The van der Waals surface area contributed by atoms with Crippen LogP contribution in [0.5, 0.6) is 0 Å². The lowest BCUT2D eigenvalue weighted by Crippen LogP contribution is -2.42. The van der Waals surface area contributed by atoms with Crippen LogP contribution in [0.15, 0.2) is 18.2 Å². The molecule has 2 nitrogen and oxygen atoms in total. The summed E-state index contributed by atoms with van der Waals surface area (Å²) in [5.74, 6) is 0. The van der Waals surface area contributed by atoms with Gasteiger partial charge in [0.1, 0.15) is 0 Å². The Morgan fingerprint density at radius 1 is 1.24 bits per heavy atom. The van der Waals surface area contributed by atoms with Gasteiger partial charge in [-0.05, 0) is 37.7 Å².